The van der Waals surface area contributed by atoms with Crippen molar-refractivity contribution in [3.05, 3.63) is 65.5 Å². The first kappa shape index (κ1) is 15.7. The average molecular weight is 313 g/mol. The Balaban J connectivity index is 1.51. The molecule has 0 saturated carbocycles. The number of aryl methyl sites for hydroxylation is 1. The Kier molecular flexibility index (Phi) is 4.72. The summed E-state index contributed by atoms with van der Waals surface area (Å²) in [5, 5.41) is 0. The van der Waals surface area contributed by atoms with Crippen LogP contribution in [0.4, 0.5) is 10.1 Å². The molecule has 120 valence electrons. The van der Waals surface area contributed by atoms with Gasteiger partial charge in [0.2, 0.25) is 5.91 Å². The zero-order valence-corrected chi connectivity index (χ0v) is 13.2. The molecule has 1 aliphatic rings. The minimum atomic E-state index is -0.293. The average Bonchev–Trinajstić information content (AvgIpc) is 2.91. The number of rotatable bonds is 5. The van der Waals surface area contributed by atoms with Gasteiger partial charge in [0.05, 0.1) is 13.2 Å². The summed E-state index contributed by atoms with van der Waals surface area (Å²) in [5.41, 5.74) is 3.11. The minimum Gasteiger partial charge on any atom is -0.376 e. The Hall–Kier alpha value is -2.20. The second-order valence-corrected chi connectivity index (χ2v) is 6.05. The van der Waals surface area contributed by atoms with E-state index < -0.39 is 0 Å². The monoisotopic (exact) mass is 313 g/mol. The van der Waals surface area contributed by atoms with E-state index in [0.717, 1.165) is 11.3 Å². The molecule has 0 bridgehead atoms. The fourth-order valence-corrected chi connectivity index (χ4v) is 2.79. The summed E-state index contributed by atoms with van der Waals surface area (Å²) in [7, 11) is 0. The molecular weight excluding hydrogens is 293 g/mol. The molecule has 3 rings (SSSR count). The minimum absolute atomic E-state index is 0.0699. The second kappa shape index (κ2) is 6.92. The highest BCUT2D eigenvalue weighted by Crippen LogP contribution is 2.25. The quantitative estimate of drug-likeness (QED) is 0.842. The molecule has 0 N–H and O–H groups in total. The van der Waals surface area contributed by atoms with Crippen molar-refractivity contribution in [2.45, 2.75) is 20.0 Å². The standard InChI is InChI=1S/C19H20FNO2/c1-14-2-4-15(5-3-14)12-23-13-16-10-19(22)21(11-16)18-8-6-17(20)7-9-18/h2-9,16H,10-13H2,1H3/t16-/m1/s1. The van der Waals surface area contributed by atoms with E-state index in [1.54, 1.807) is 17.0 Å². The molecule has 0 aliphatic carbocycles. The number of carbonyl (C=O) groups excluding carboxylic acids is 1. The molecule has 0 radical (unpaired) electrons. The third-order valence-corrected chi connectivity index (χ3v) is 4.09. The fraction of sp³-hybridized carbons (Fsp3) is 0.316. The number of carbonyl (C=O) groups is 1. The lowest BCUT2D eigenvalue weighted by Crippen LogP contribution is -2.25. The molecule has 1 amide bonds. The van der Waals surface area contributed by atoms with E-state index in [-0.39, 0.29) is 17.6 Å². The first-order valence-corrected chi connectivity index (χ1v) is 7.81. The normalized spacial score (nSPS) is 17.7. The highest BCUT2D eigenvalue weighted by Gasteiger charge is 2.30. The van der Waals surface area contributed by atoms with Crippen molar-refractivity contribution >= 4 is 11.6 Å². The van der Waals surface area contributed by atoms with Gasteiger partial charge >= 0.3 is 0 Å². The predicted molar refractivity (Wildman–Crippen MR) is 87.7 cm³/mol. The first-order valence-electron chi connectivity index (χ1n) is 7.81. The molecular formula is C19H20FNO2. The molecule has 0 aromatic heterocycles. The van der Waals surface area contributed by atoms with E-state index in [9.17, 15) is 9.18 Å². The van der Waals surface area contributed by atoms with Gasteiger partial charge in [-0.3, -0.25) is 4.79 Å². The zero-order chi connectivity index (χ0) is 16.2. The van der Waals surface area contributed by atoms with Gasteiger partial charge in [0.1, 0.15) is 5.82 Å². The van der Waals surface area contributed by atoms with E-state index in [1.165, 1.54) is 17.7 Å². The van der Waals surface area contributed by atoms with Crippen molar-refractivity contribution in [1.29, 1.82) is 0 Å². The van der Waals surface area contributed by atoms with Gasteiger partial charge in [0.25, 0.3) is 0 Å². The summed E-state index contributed by atoms with van der Waals surface area (Å²) in [5.74, 6) is -0.0445. The van der Waals surface area contributed by atoms with Crippen LogP contribution in [0.3, 0.4) is 0 Å². The SMILES string of the molecule is Cc1ccc(COC[C@@H]2CC(=O)N(c3ccc(F)cc3)C2)cc1. The molecule has 4 heteroatoms. The number of anilines is 1. The van der Waals surface area contributed by atoms with Crippen LogP contribution in [0.1, 0.15) is 17.5 Å². The molecule has 3 nitrogen and oxygen atoms in total. The number of ether oxygens (including phenoxy) is 1. The van der Waals surface area contributed by atoms with Gasteiger partial charge in [0.15, 0.2) is 0 Å². The molecule has 1 atom stereocenters. The number of benzene rings is 2. The summed E-state index contributed by atoms with van der Waals surface area (Å²) in [4.78, 5) is 13.8. The number of halogens is 1. The lowest BCUT2D eigenvalue weighted by Gasteiger charge is -2.16. The Morgan fingerprint density at radius 3 is 2.52 bits per heavy atom. The molecule has 23 heavy (non-hydrogen) atoms. The van der Waals surface area contributed by atoms with Gasteiger partial charge in [-0.1, -0.05) is 29.8 Å². The van der Waals surface area contributed by atoms with Crippen LogP contribution < -0.4 is 4.90 Å². The van der Waals surface area contributed by atoms with Crippen molar-refractivity contribution in [3.63, 3.8) is 0 Å². The Bertz CT molecular complexity index is 667. The summed E-state index contributed by atoms with van der Waals surface area (Å²) >= 11 is 0. The molecule has 2 aromatic rings. The third-order valence-electron chi connectivity index (χ3n) is 4.09. The maximum atomic E-state index is 13.0. The van der Waals surface area contributed by atoms with E-state index in [0.29, 0.717) is 26.2 Å². The maximum Gasteiger partial charge on any atom is 0.227 e. The molecule has 0 spiro atoms. The zero-order valence-electron chi connectivity index (χ0n) is 13.2. The van der Waals surface area contributed by atoms with Crippen LogP contribution in [0.2, 0.25) is 0 Å². The van der Waals surface area contributed by atoms with Gasteiger partial charge in [-0.2, -0.15) is 0 Å². The van der Waals surface area contributed by atoms with Crippen LogP contribution in [0, 0.1) is 18.7 Å². The maximum absolute atomic E-state index is 13.0. The first-order chi connectivity index (χ1) is 11.1. The fourth-order valence-electron chi connectivity index (χ4n) is 2.79. The third kappa shape index (κ3) is 3.96. The summed E-state index contributed by atoms with van der Waals surface area (Å²) < 4.78 is 18.7. The number of amides is 1. The van der Waals surface area contributed by atoms with Gasteiger partial charge in [-0.05, 0) is 36.8 Å². The van der Waals surface area contributed by atoms with Crippen molar-refractivity contribution in [2.24, 2.45) is 5.92 Å². The molecule has 1 fully saturated rings. The molecule has 1 saturated heterocycles. The van der Waals surface area contributed by atoms with Crippen molar-refractivity contribution in [3.8, 4) is 0 Å². The van der Waals surface area contributed by atoms with E-state index in [1.807, 2.05) is 0 Å². The highest BCUT2D eigenvalue weighted by atomic mass is 19.1. The van der Waals surface area contributed by atoms with Crippen LogP contribution in [-0.4, -0.2) is 19.1 Å². The van der Waals surface area contributed by atoms with E-state index in [4.69, 9.17) is 4.74 Å². The van der Waals surface area contributed by atoms with Crippen LogP contribution in [0.5, 0.6) is 0 Å². The lowest BCUT2D eigenvalue weighted by molar-refractivity contribution is -0.117. The van der Waals surface area contributed by atoms with Crippen molar-refractivity contribution in [2.75, 3.05) is 18.1 Å². The summed E-state index contributed by atoms with van der Waals surface area (Å²) in [6, 6.07) is 14.3. The topological polar surface area (TPSA) is 29.5 Å². The summed E-state index contributed by atoms with van der Waals surface area (Å²) in [6.45, 7) is 3.79. The van der Waals surface area contributed by atoms with Crippen molar-refractivity contribution < 1.29 is 13.9 Å². The Morgan fingerprint density at radius 1 is 1.13 bits per heavy atom. The lowest BCUT2D eigenvalue weighted by atomic mass is 10.1. The molecule has 2 aromatic carbocycles. The largest absolute Gasteiger partial charge is 0.376 e. The van der Waals surface area contributed by atoms with E-state index in [2.05, 4.69) is 31.2 Å². The van der Waals surface area contributed by atoms with Crippen LogP contribution in [-0.2, 0) is 16.1 Å². The van der Waals surface area contributed by atoms with Gasteiger partial charge in [-0.25, -0.2) is 4.39 Å². The van der Waals surface area contributed by atoms with Gasteiger partial charge < -0.3 is 9.64 Å². The van der Waals surface area contributed by atoms with Crippen LogP contribution in [0.15, 0.2) is 48.5 Å². The van der Waals surface area contributed by atoms with Gasteiger partial charge in [-0.15, -0.1) is 0 Å². The Labute approximate surface area is 135 Å². The number of nitrogens with zero attached hydrogens (tertiary/aromatic N) is 1. The predicted octanol–water partition coefficient (Wildman–Crippen LogP) is 3.70. The van der Waals surface area contributed by atoms with Gasteiger partial charge in [0, 0.05) is 24.6 Å². The molecule has 1 heterocycles. The van der Waals surface area contributed by atoms with Crippen LogP contribution in [0.25, 0.3) is 0 Å². The van der Waals surface area contributed by atoms with E-state index >= 15 is 0 Å². The highest BCUT2D eigenvalue weighted by molar-refractivity contribution is 5.95. The Morgan fingerprint density at radius 2 is 1.83 bits per heavy atom. The molecule has 0 unspecified atom stereocenters. The molecule has 1 aliphatic heterocycles. The second-order valence-electron chi connectivity index (χ2n) is 6.05. The number of hydrogen-bond acceptors (Lipinski definition) is 2. The van der Waals surface area contributed by atoms with Crippen molar-refractivity contribution in [1.82, 2.24) is 0 Å². The number of hydrogen-bond donors (Lipinski definition) is 0. The summed E-state index contributed by atoms with van der Waals surface area (Å²) in [6.07, 6.45) is 0.477. The van der Waals surface area contributed by atoms with Crippen LogP contribution >= 0.6 is 0 Å². The smallest absolute Gasteiger partial charge is 0.227 e.